The van der Waals surface area contributed by atoms with Gasteiger partial charge in [0.1, 0.15) is 5.82 Å². The SMILES string of the molecule is Cc1cc(F)cc(B(O)O)c1C. The molecule has 2 nitrogen and oxygen atoms in total. The summed E-state index contributed by atoms with van der Waals surface area (Å²) >= 11 is 0. The fourth-order valence-electron chi connectivity index (χ4n) is 1.11. The van der Waals surface area contributed by atoms with E-state index >= 15 is 0 Å². The Morgan fingerprint density at radius 1 is 1.25 bits per heavy atom. The molecule has 1 rings (SSSR count). The molecule has 0 atom stereocenters. The van der Waals surface area contributed by atoms with Gasteiger partial charge in [-0.05, 0) is 42.6 Å². The fourth-order valence-corrected chi connectivity index (χ4v) is 1.11. The molecule has 2 N–H and O–H groups in total. The van der Waals surface area contributed by atoms with Gasteiger partial charge in [0.05, 0.1) is 0 Å². The Balaban J connectivity index is 3.28. The molecule has 64 valence electrons. The number of rotatable bonds is 1. The van der Waals surface area contributed by atoms with E-state index in [2.05, 4.69) is 0 Å². The van der Waals surface area contributed by atoms with Crippen molar-refractivity contribution in [2.75, 3.05) is 0 Å². The molecular formula is C8H10BFO2. The second-order valence-electron chi connectivity index (χ2n) is 2.81. The lowest BCUT2D eigenvalue weighted by molar-refractivity contribution is 0.425. The van der Waals surface area contributed by atoms with Crippen LogP contribution in [0.25, 0.3) is 0 Å². The summed E-state index contributed by atoms with van der Waals surface area (Å²) in [4.78, 5) is 0. The van der Waals surface area contributed by atoms with Crippen LogP contribution in [0.3, 0.4) is 0 Å². The zero-order chi connectivity index (χ0) is 9.30. The van der Waals surface area contributed by atoms with Gasteiger partial charge in [-0.1, -0.05) is 0 Å². The maximum atomic E-state index is 12.7. The maximum absolute atomic E-state index is 12.7. The zero-order valence-electron chi connectivity index (χ0n) is 7.00. The minimum absolute atomic E-state index is 0.229. The first kappa shape index (κ1) is 9.22. The molecule has 1 aromatic rings. The highest BCUT2D eigenvalue weighted by atomic mass is 19.1. The third-order valence-corrected chi connectivity index (χ3v) is 1.95. The Hall–Kier alpha value is -0.865. The van der Waals surface area contributed by atoms with E-state index in [1.807, 2.05) is 0 Å². The summed E-state index contributed by atoms with van der Waals surface area (Å²) in [5.41, 5.74) is 1.66. The highest BCUT2D eigenvalue weighted by Crippen LogP contribution is 2.06. The van der Waals surface area contributed by atoms with E-state index in [4.69, 9.17) is 10.0 Å². The van der Waals surface area contributed by atoms with Crippen LogP contribution in [0.1, 0.15) is 11.1 Å². The largest absolute Gasteiger partial charge is 0.488 e. The Bertz CT molecular complexity index is 299. The van der Waals surface area contributed by atoms with Crippen molar-refractivity contribution < 1.29 is 14.4 Å². The molecule has 0 fully saturated rings. The summed E-state index contributed by atoms with van der Waals surface area (Å²) in [5, 5.41) is 17.7. The van der Waals surface area contributed by atoms with Crippen molar-refractivity contribution in [3.05, 3.63) is 29.1 Å². The van der Waals surface area contributed by atoms with E-state index in [1.165, 1.54) is 6.07 Å². The lowest BCUT2D eigenvalue weighted by Gasteiger charge is -2.07. The summed E-state index contributed by atoms with van der Waals surface area (Å²) in [5.74, 6) is -0.443. The summed E-state index contributed by atoms with van der Waals surface area (Å²) in [6.07, 6.45) is 0. The van der Waals surface area contributed by atoms with Gasteiger partial charge in [-0.25, -0.2) is 4.39 Å². The lowest BCUT2D eigenvalue weighted by Crippen LogP contribution is -2.33. The third-order valence-electron chi connectivity index (χ3n) is 1.95. The molecule has 0 aliphatic heterocycles. The lowest BCUT2D eigenvalue weighted by atomic mass is 9.76. The fraction of sp³-hybridized carbons (Fsp3) is 0.250. The number of halogens is 1. The van der Waals surface area contributed by atoms with Crippen molar-refractivity contribution in [1.29, 1.82) is 0 Å². The van der Waals surface area contributed by atoms with Crippen LogP contribution in [0, 0.1) is 19.7 Å². The summed E-state index contributed by atoms with van der Waals surface area (Å²) in [6.45, 7) is 3.45. The number of aryl methyl sites for hydroxylation is 1. The smallest absolute Gasteiger partial charge is 0.423 e. The van der Waals surface area contributed by atoms with Crippen molar-refractivity contribution in [3.8, 4) is 0 Å². The van der Waals surface area contributed by atoms with Crippen LogP contribution in [-0.4, -0.2) is 17.2 Å². The molecule has 0 heterocycles. The zero-order valence-corrected chi connectivity index (χ0v) is 7.00. The molecular weight excluding hydrogens is 158 g/mol. The van der Waals surface area contributed by atoms with Gasteiger partial charge < -0.3 is 10.0 Å². The first-order valence-electron chi connectivity index (χ1n) is 3.65. The minimum Gasteiger partial charge on any atom is -0.423 e. The molecule has 0 aromatic heterocycles. The molecule has 0 radical (unpaired) electrons. The van der Waals surface area contributed by atoms with Crippen molar-refractivity contribution in [2.24, 2.45) is 0 Å². The monoisotopic (exact) mass is 168 g/mol. The standard InChI is InChI=1S/C8H10BFO2/c1-5-3-7(10)4-8(6(5)2)9(11)12/h3-4,11-12H,1-2H3. The van der Waals surface area contributed by atoms with E-state index in [9.17, 15) is 4.39 Å². The molecule has 0 bridgehead atoms. The van der Waals surface area contributed by atoms with Gasteiger partial charge in [-0.15, -0.1) is 0 Å². The second kappa shape index (κ2) is 3.25. The molecule has 0 aliphatic rings. The van der Waals surface area contributed by atoms with E-state index in [0.29, 0.717) is 5.56 Å². The van der Waals surface area contributed by atoms with E-state index in [1.54, 1.807) is 13.8 Å². The van der Waals surface area contributed by atoms with Gasteiger partial charge in [0.25, 0.3) is 0 Å². The third kappa shape index (κ3) is 1.65. The number of benzene rings is 1. The molecule has 0 saturated heterocycles. The van der Waals surface area contributed by atoms with Gasteiger partial charge in [-0.3, -0.25) is 0 Å². The summed E-state index contributed by atoms with van der Waals surface area (Å²) in [7, 11) is -1.60. The molecule has 0 saturated carbocycles. The maximum Gasteiger partial charge on any atom is 0.488 e. The van der Waals surface area contributed by atoms with Crippen LogP contribution in [0.5, 0.6) is 0 Å². The first-order valence-corrected chi connectivity index (χ1v) is 3.65. The minimum atomic E-state index is -1.60. The average molecular weight is 168 g/mol. The van der Waals surface area contributed by atoms with E-state index in [0.717, 1.165) is 11.6 Å². The Morgan fingerprint density at radius 3 is 2.33 bits per heavy atom. The predicted octanol–water partition coefficient (Wildman–Crippen LogP) is 0.122. The number of hydrogen-bond donors (Lipinski definition) is 2. The quantitative estimate of drug-likeness (QED) is 0.584. The molecule has 0 spiro atoms. The number of hydrogen-bond acceptors (Lipinski definition) is 2. The van der Waals surface area contributed by atoms with Crippen molar-refractivity contribution >= 4 is 12.6 Å². The van der Waals surface area contributed by atoms with Gasteiger partial charge >= 0.3 is 7.12 Å². The molecule has 12 heavy (non-hydrogen) atoms. The van der Waals surface area contributed by atoms with Crippen molar-refractivity contribution in [1.82, 2.24) is 0 Å². The van der Waals surface area contributed by atoms with E-state index in [-0.39, 0.29) is 5.46 Å². The molecule has 0 aliphatic carbocycles. The molecule has 0 unspecified atom stereocenters. The topological polar surface area (TPSA) is 40.5 Å². The molecule has 1 aromatic carbocycles. The van der Waals surface area contributed by atoms with Gasteiger partial charge in [0.15, 0.2) is 0 Å². The van der Waals surface area contributed by atoms with E-state index < -0.39 is 12.9 Å². The Kier molecular flexibility index (Phi) is 2.50. The summed E-state index contributed by atoms with van der Waals surface area (Å²) in [6, 6.07) is 2.49. The van der Waals surface area contributed by atoms with Gasteiger partial charge in [0.2, 0.25) is 0 Å². The Labute approximate surface area is 70.8 Å². The average Bonchev–Trinajstić information content (AvgIpc) is 1.96. The van der Waals surface area contributed by atoms with Crippen molar-refractivity contribution in [3.63, 3.8) is 0 Å². The summed E-state index contributed by atoms with van der Waals surface area (Å²) < 4.78 is 12.7. The highest BCUT2D eigenvalue weighted by molar-refractivity contribution is 6.59. The van der Waals surface area contributed by atoms with Gasteiger partial charge in [-0.2, -0.15) is 0 Å². The van der Waals surface area contributed by atoms with Gasteiger partial charge in [0, 0.05) is 0 Å². The van der Waals surface area contributed by atoms with Crippen LogP contribution in [-0.2, 0) is 0 Å². The first-order chi connectivity index (χ1) is 5.52. The van der Waals surface area contributed by atoms with Crippen molar-refractivity contribution in [2.45, 2.75) is 13.8 Å². The highest BCUT2D eigenvalue weighted by Gasteiger charge is 2.15. The van der Waals surface area contributed by atoms with Crippen LogP contribution in [0.15, 0.2) is 12.1 Å². The Morgan fingerprint density at radius 2 is 1.83 bits per heavy atom. The molecule has 0 amide bonds. The van der Waals surface area contributed by atoms with Crippen LogP contribution < -0.4 is 5.46 Å². The van der Waals surface area contributed by atoms with Crippen LogP contribution >= 0.6 is 0 Å². The predicted molar refractivity (Wildman–Crippen MR) is 45.7 cm³/mol. The van der Waals surface area contributed by atoms with Crippen LogP contribution in [0.4, 0.5) is 4.39 Å². The second-order valence-corrected chi connectivity index (χ2v) is 2.81. The normalized spacial score (nSPS) is 10.1. The molecule has 4 heteroatoms. The van der Waals surface area contributed by atoms with Crippen LogP contribution in [0.2, 0.25) is 0 Å².